The third-order valence-corrected chi connectivity index (χ3v) is 3.53. The Morgan fingerprint density at radius 1 is 1.31 bits per heavy atom. The summed E-state index contributed by atoms with van der Waals surface area (Å²) in [5, 5.41) is 3.68. The predicted octanol–water partition coefficient (Wildman–Crippen LogP) is 3.59. The molecule has 0 spiro atoms. The minimum atomic E-state index is 0.479. The molecule has 1 rings (SSSR count). The molecule has 1 fully saturated rings. The molecule has 0 amide bonds. The van der Waals surface area contributed by atoms with E-state index in [1.54, 1.807) is 0 Å². The maximum atomic E-state index is 5.34. The van der Waals surface area contributed by atoms with Crippen LogP contribution in [0.15, 0.2) is 0 Å². The molecular formula is C15H27N. The van der Waals surface area contributed by atoms with Crippen LogP contribution in [0.25, 0.3) is 0 Å². The van der Waals surface area contributed by atoms with E-state index in [0.717, 1.165) is 18.3 Å². The van der Waals surface area contributed by atoms with Gasteiger partial charge in [0.1, 0.15) is 0 Å². The quantitative estimate of drug-likeness (QED) is 0.700. The molecule has 1 heteroatoms. The van der Waals surface area contributed by atoms with E-state index in [2.05, 4.69) is 32.0 Å². The SMILES string of the molecule is C#CCC(C)NC1CCCC(CC(C)C)C1. The van der Waals surface area contributed by atoms with Gasteiger partial charge in [0, 0.05) is 18.5 Å². The van der Waals surface area contributed by atoms with Gasteiger partial charge in [-0.05, 0) is 38.0 Å². The van der Waals surface area contributed by atoms with E-state index in [9.17, 15) is 0 Å². The highest BCUT2D eigenvalue weighted by Crippen LogP contribution is 2.29. The van der Waals surface area contributed by atoms with Crippen LogP contribution in [0.1, 0.15) is 59.3 Å². The van der Waals surface area contributed by atoms with Crippen molar-refractivity contribution in [2.24, 2.45) is 11.8 Å². The van der Waals surface area contributed by atoms with Crippen molar-refractivity contribution >= 4 is 0 Å². The summed E-state index contributed by atoms with van der Waals surface area (Å²) in [6, 6.07) is 1.19. The largest absolute Gasteiger partial charge is 0.311 e. The van der Waals surface area contributed by atoms with Crippen molar-refractivity contribution in [3.8, 4) is 12.3 Å². The van der Waals surface area contributed by atoms with Crippen molar-refractivity contribution in [3.05, 3.63) is 0 Å². The summed E-state index contributed by atoms with van der Waals surface area (Å²) < 4.78 is 0. The van der Waals surface area contributed by atoms with E-state index in [1.807, 2.05) is 0 Å². The minimum Gasteiger partial charge on any atom is -0.311 e. The van der Waals surface area contributed by atoms with Gasteiger partial charge in [-0.2, -0.15) is 0 Å². The highest BCUT2D eigenvalue weighted by atomic mass is 14.9. The van der Waals surface area contributed by atoms with Gasteiger partial charge < -0.3 is 5.32 Å². The van der Waals surface area contributed by atoms with Crippen LogP contribution in [0.4, 0.5) is 0 Å². The summed E-state index contributed by atoms with van der Waals surface area (Å²) in [6.07, 6.45) is 13.1. The first-order valence-electron chi connectivity index (χ1n) is 6.81. The Hall–Kier alpha value is -0.480. The third kappa shape index (κ3) is 5.03. The minimum absolute atomic E-state index is 0.479. The smallest absolute Gasteiger partial charge is 0.0238 e. The van der Waals surface area contributed by atoms with E-state index in [-0.39, 0.29) is 0 Å². The summed E-state index contributed by atoms with van der Waals surface area (Å²) in [4.78, 5) is 0. The molecule has 92 valence electrons. The molecule has 1 aliphatic rings. The first-order valence-corrected chi connectivity index (χ1v) is 6.81. The molecule has 1 saturated carbocycles. The second-order valence-electron chi connectivity index (χ2n) is 5.84. The lowest BCUT2D eigenvalue weighted by Gasteiger charge is -2.32. The topological polar surface area (TPSA) is 12.0 Å². The molecule has 0 saturated heterocycles. The maximum Gasteiger partial charge on any atom is 0.0238 e. The van der Waals surface area contributed by atoms with Crippen molar-refractivity contribution in [1.29, 1.82) is 0 Å². The highest BCUT2D eigenvalue weighted by Gasteiger charge is 2.23. The molecule has 0 radical (unpaired) electrons. The lowest BCUT2D eigenvalue weighted by molar-refractivity contribution is 0.243. The van der Waals surface area contributed by atoms with E-state index < -0.39 is 0 Å². The first kappa shape index (κ1) is 13.6. The number of rotatable bonds is 5. The lowest BCUT2D eigenvalue weighted by Crippen LogP contribution is -2.39. The van der Waals surface area contributed by atoms with Gasteiger partial charge >= 0.3 is 0 Å². The maximum absolute atomic E-state index is 5.34. The molecule has 1 aliphatic carbocycles. The van der Waals surface area contributed by atoms with Gasteiger partial charge in [-0.3, -0.25) is 0 Å². The van der Waals surface area contributed by atoms with E-state index in [4.69, 9.17) is 6.42 Å². The van der Waals surface area contributed by atoms with E-state index >= 15 is 0 Å². The van der Waals surface area contributed by atoms with Gasteiger partial charge in [0.05, 0.1) is 0 Å². The van der Waals surface area contributed by atoms with Gasteiger partial charge in [-0.25, -0.2) is 0 Å². The van der Waals surface area contributed by atoms with Gasteiger partial charge in [-0.15, -0.1) is 12.3 Å². The van der Waals surface area contributed by atoms with Crippen LogP contribution in [0.2, 0.25) is 0 Å². The summed E-state index contributed by atoms with van der Waals surface area (Å²) >= 11 is 0. The fourth-order valence-corrected chi connectivity index (χ4v) is 2.96. The van der Waals surface area contributed by atoms with Crippen LogP contribution in [-0.4, -0.2) is 12.1 Å². The number of nitrogens with one attached hydrogen (secondary N) is 1. The molecule has 0 aromatic carbocycles. The third-order valence-electron chi connectivity index (χ3n) is 3.53. The van der Waals surface area contributed by atoms with Crippen LogP contribution in [0.5, 0.6) is 0 Å². The van der Waals surface area contributed by atoms with Crippen LogP contribution >= 0.6 is 0 Å². The van der Waals surface area contributed by atoms with E-state index in [1.165, 1.54) is 32.1 Å². The molecule has 16 heavy (non-hydrogen) atoms. The zero-order chi connectivity index (χ0) is 12.0. The zero-order valence-corrected chi connectivity index (χ0v) is 11.1. The Kier molecular flexibility index (Phi) is 5.91. The van der Waals surface area contributed by atoms with Crippen LogP contribution in [0.3, 0.4) is 0 Å². The van der Waals surface area contributed by atoms with Crippen molar-refractivity contribution in [1.82, 2.24) is 5.32 Å². The average molecular weight is 221 g/mol. The molecule has 0 aromatic rings. The Morgan fingerprint density at radius 3 is 2.69 bits per heavy atom. The molecule has 0 aliphatic heterocycles. The summed E-state index contributed by atoms with van der Waals surface area (Å²) in [5.41, 5.74) is 0. The normalized spacial score (nSPS) is 27.7. The van der Waals surface area contributed by atoms with Crippen LogP contribution in [0, 0.1) is 24.2 Å². The standard InChI is InChI=1S/C15H27N/c1-5-7-13(4)16-15-9-6-8-14(11-15)10-12(2)3/h1,12-16H,6-11H2,2-4H3. The lowest BCUT2D eigenvalue weighted by atomic mass is 9.81. The Balaban J connectivity index is 2.30. The molecule has 0 heterocycles. The van der Waals surface area contributed by atoms with Gasteiger partial charge in [0.25, 0.3) is 0 Å². The molecular weight excluding hydrogens is 194 g/mol. The van der Waals surface area contributed by atoms with Crippen LogP contribution in [-0.2, 0) is 0 Å². The Morgan fingerprint density at radius 2 is 2.06 bits per heavy atom. The average Bonchev–Trinajstić information content (AvgIpc) is 2.17. The monoisotopic (exact) mass is 221 g/mol. The number of hydrogen-bond donors (Lipinski definition) is 1. The van der Waals surface area contributed by atoms with Crippen molar-refractivity contribution < 1.29 is 0 Å². The Labute approximate surface area is 101 Å². The van der Waals surface area contributed by atoms with Crippen molar-refractivity contribution in [2.75, 3.05) is 0 Å². The second kappa shape index (κ2) is 6.97. The summed E-state index contributed by atoms with van der Waals surface area (Å²) in [6.45, 7) is 6.86. The molecule has 1 nitrogen and oxygen atoms in total. The first-order chi connectivity index (χ1) is 7.61. The molecule has 3 atom stereocenters. The number of terminal acetylenes is 1. The fraction of sp³-hybridized carbons (Fsp3) is 0.867. The van der Waals surface area contributed by atoms with Crippen LogP contribution < -0.4 is 5.32 Å². The molecule has 1 N–H and O–H groups in total. The van der Waals surface area contributed by atoms with Gasteiger partial charge in [0.2, 0.25) is 0 Å². The summed E-state index contributed by atoms with van der Waals surface area (Å²) in [5.74, 6) is 4.51. The van der Waals surface area contributed by atoms with Crippen molar-refractivity contribution in [2.45, 2.75) is 71.4 Å². The molecule has 3 unspecified atom stereocenters. The van der Waals surface area contributed by atoms with Gasteiger partial charge in [0.15, 0.2) is 0 Å². The molecule has 0 aromatic heterocycles. The fourth-order valence-electron chi connectivity index (χ4n) is 2.96. The van der Waals surface area contributed by atoms with Crippen molar-refractivity contribution in [3.63, 3.8) is 0 Å². The molecule has 0 bridgehead atoms. The number of hydrogen-bond acceptors (Lipinski definition) is 1. The Bertz CT molecular complexity index is 226. The van der Waals surface area contributed by atoms with Gasteiger partial charge in [-0.1, -0.05) is 26.7 Å². The predicted molar refractivity (Wildman–Crippen MR) is 71.2 cm³/mol. The zero-order valence-electron chi connectivity index (χ0n) is 11.1. The highest BCUT2D eigenvalue weighted by molar-refractivity contribution is 4.90. The summed E-state index contributed by atoms with van der Waals surface area (Å²) in [7, 11) is 0. The second-order valence-corrected chi connectivity index (χ2v) is 5.84. The van der Waals surface area contributed by atoms with E-state index in [0.29, 0.717) is 12.1 Å².